The number of hydrogen-bond donors (Lipinski definition) is 2. The van der Waals surface area contributed by atoms with Crippen LogP contribution in [0.5, 0.6) is 0 Å². The molecule has 2 nitrogen and oxygen atoms in total. The normalized spacial score (nSPS) is 6.50. The standard InChI is InChI=1S/B2H3O2/c1-2(3)4/h1,3-4H. The van der Waals surface area contributed by atoms with Crippen LogP contribution in [0.4, 0.5) is 0 Å². The third-order valence-electron chi connectivity index (χ3n) is 0. The minimum atomic E-state index is -1.42. The maximum Gasteiger partial charge on any atom is 0.387 e. The summed E-state index contributed by atoms with van der Waals surface area (Å²) in [5, 5.41) is 15.0. The van der Waals surface area contributed by atoms with Gasteiger partial charge in [-0.15, -0.1) is 0 Å². The highest BCUT2D eigenvalue weighted by molar-refractivity contribution is 6.93. The first kappa shape index (κ1) is 4.05. The number of hydrogen-bond acceptors (Lipinski definition) is 2. The van der Waals surface area contributed by atoms with Crippen LogP contribution in [-0.4, -0.2) is 24.8 Å². The predicted octanol–water partition coefficient (Wildman–Crippen LogP) is -2.14. The molecule has 0 aromatic rings. The highest BCUT2D eigenvalue weighted by atomic mass is 16.4. The Morgan fingerprint density at radius 2 is 1.50 bits per heavy atom. The summed E-state index contributed by atoms with van der Waals surface area (Å²) in [4.78, 5) is 0. The predicted molar refractivity (Wildman–Crippen MR) is 17.3 cm³/mol. The van der Waals surface area contributed by atoms with Crippen molar-refractivity contribution in [3.05, 3.63) is 0 Å². The third-order valence-corrected chi connectivity index (χ3v) is 0. The number of rotatable bonds is 0. The van der Waals surface area contributed by atoms with Crippen molar-refractivity contribution < 1.29 is 10.0 Å². The Morgan fingerprint density at radius 3 is 1.50 bits per heavy atom. The molecule has 4 heavy (non-hydrogen) atoms. The molecule has 0 aliphatic carbocycles. The average molecular weight is 56.6 g/mol. The van der Waals surface area contributed by atoms with Gasteiger partial charge in [-0.25, -0.2) is 0 Å². The molecule has 0 saturated heterocycles. The zero-order chi connectivity index (χ0) is 3.58. The first-order valence-corrected chi connectivity index (χ1v) is 0.925. The van der Waals surface area contributed by atoms with Gasteiger partial charge in [0.05, 0.1) is 0 Å². The lowest BCUT2D eigenvalue weighted by molar-refractivity contribution is 0.435. The van der Waals surface area contributed by atoms with Crippen LogP contribution in [0.15, 0.2) is 0 Å². The lowest BCUT2D eigenvalue weighted by Crippen LogP contribution is -2.08. The summed E-state index contributed by atoms with van der Waals surface area (Å²) in [5.41, 5.74) is 0. The fourth-order valence-electron chi connectivity index (χ4n) is 0. The third kappa shape index (κ3) is 908. The molecule has 0 fully saturated rings. The molecule has 0 aromatic carbocycles. The fraction of sp³-hybridized carbons (Fsp3) is 0. The lowest BCUT2D eigenvalue weighted by atomic mass is 9.64. The van der Waals surface area contributed by atoms with E-state index in [9.17, 15) is 0 Å². The zero-order valence-electron chi connectivity index (χ0n) is 2.18. The Balaban J connectivity index is 2.32. The van der Waals surface area contributed by atoms with Gasteiger partial charge < -0.3 is 10.0 Å². The maximum absolute atomic E-state index is 7.50. The van der Waals surface area contributed by atoms with Gasteiger partial charge in [0.1, 0.15) is 7.74 Å². The van der Waals surface area contributed by atoms with Crippen molar-refractivity contribution in [2.45, 2.75) is 0 Å². The summed E-state index contributed by atoms with van der Waals surface area (Å²) in [6, 6.07) is 0. The van der Waals surface area contributed by atoms with Crippen LogP contribution in [-0.2, 0) is 0 Å². The molecule has 21 valence electrons. The van der Waals surface area contributed by atoms with Crippen molar-refractivity contribution in [3.8, 4) is 0 Å². The lowest BCUT2D eigenvalue weighted by Gasteiger charge is -1.71. The van der Waals surface area contributed by atoms with Gasteiger partial charge in [-0.05, 0) is 0 Å². The van der Waals surface area contributed by atoms with Gasteiger partial charge in [0.2, 0.25) is 0 Å². The van der Waals surface area contributed by atoms with Crippen LogP contribution in [0.3, 0.4) is 0 Å². The molecular formula is H3B2O2. The van der Waals surface area contributed by atoms with Crippen molar-refractivity contribution >= 4 is 14.7 Å². The molecule has 0 bridgehead atoms. The van der Waals surface area contributed by atoms with Crippen LogP contribution in [0, 0.1) is 0 Å². The molecule has 0 heterocycles. The van der Waals surface area contributed by atoms with E-state index in [-0.39, 0.29) is 0 Å². The summed E-state index contributed by atoms with van der Waals surface area (Å²) in [7, 11) is 1.33. The second kappa shape index (κ2) is 1.38. The van der Waals surface area contributed by atoms with E-state index in [2.05, 4.69) is 7.74 Å². The van der Waals surface area contributed by atoms with Gasteiger partial charge >= 0.3 is 7.01 Å². The topological polar surface area (TPSA) is 40.5 Å². The van der Waals surface area contributed by atoms with Crippen molar-refractivity contribution in [2.75, 3.05) is 0 Å². The molecule has 4 heteroatoms. The Labute approximate surface area is 26.0 Å². The Morgan fingerprint density at radius 1 is 1.50 bits per heavy atom. The van der Waals surface area contributed by atoms with Crippen LogP contribution in [0.25, 0.3) is 0 Å². The molecule has 0 atom stereocenters. The smallest absolute Gasteiger partial charge is 0.387 e. The van der Waals surface area contributed by atoms with Crippen LogP contribution < -0.4 is 0 Å². The summed E-state index contributed by atoms with van der Waals surface area (Å²) in [5.74, 6) is 0. The van der Waals surface area contributed by atoms with Gasteiger partial charge in [0.15, 0.2) is 0 Å². The van der Waals surface area contributed by atoms with E-state index in [0.717, 1.165) is 0 Å². The SMILES string of the molecule is [BH]B(O)O. The van der Waals surface area contributed by atoms with E-state index in [1.165, 1.54) is 0 Å². The summed E-state index contributed by atoms with van der Waals surface area (Å²) in [6.07, 6.45) is 0. The first-order chi connectivity index (χ1) is 1.73. The highest BCUT2D eigenvalue weighted by Gasteiger charge is 1.85. The second-order valence-corrected chi connectivity index (χ2v) is 0.481. The molecular weight excluding hydrogens is 53.6 g/mol. The highest BCUT2D eigenvalue weighted by Crippen LogP contribution is 1.38. The molecule has 0 saturated carbocycles. The van der Waals surface area contributed by atoms with Crippen molar-refractivity contribution in [3.63, 3.8) is 0 Å². The molecule has 1 radical (unpaired) electrons. The largest absolute Gasteiger partial charge is 0.434 e. The Bertz CT molecular complexity index is 8.75. The molecule has 0 aliphatic rings. The average Bonchev–Trinajstić information content (AvgIpc) is 0.811. The van der Waals surface area contributed by atoms with E-state index in [1.54, 1.807) is 0 Å². The molecule has 0 amide bonds. The Kier molecular flexibility index (Phi) is 1.39. The second-order valence-electron chi connectivity index (χ2n) is 0.481. The fourth-order valence-corrected chi connectivity index (χ4v) is 0. The molecule has 0 rings (SSSR count). The quantitative estimate of drug-likeness (QED) is 0.311. The first-order valence-electron chi connectivity index (χ1n) is 0.925. The van der Waals surface area contributed by atoms with E-state index in [0.29, 0.717) is 0 Å². The minimum Gasteiger partial charge on any atom is -0.434 e. The van der Waals surface area contributed by atoms with Gasteiger partial charge in [0.25, 0.3) is 0 Å². The van der Waals surface area contributed by atoms with Crippen LogP contribution in [0.1, 0.15) is 0 Å². The summed E-state index contributed by atoms with van der Waals surface area (Å²) in [6.45, 7) is 0. The van der Waals surface area contributed by atoms with E-state index < -0.39 is 7.01 Å². The zero-order valence-corrected chi connectivity index (χ0v) is 2.18. The molecule has 2 N–H and O–H groups in total. The molecule has 0 aromatic heterocycles. The van der Waals surface area contributed by atoms with Crippen molar-refractivity contribution in [2.24, 2.45) is 0 Å². The van der Waals surface area contributed by atoms with Crippen molar-refractivity contribution in [1.29, 1.82) is 0 Å². The van der Waals surface area contributed by atoms with Gasteiger partial charge in [-0.2, -0.15) is 0 Å². The monoisotopic (exact) mass is 57.0 g/mol. The van der Waals surface area contributed by atoms with Crippen LogP contribution >= 0.6 is 0 Å². The molecule has 0 unspecified atom stereocenters. The van der Waals surface area contributed by atoms with E-state index in [1.807, 2.05) is 0 Å². The maximum atomic E-state index is 7.50. The van der Waals surface area contributed by atoms with E-state index in [4.69, 9.17) is 10.0 Å². The molecule has 0 spiro atoms. The summed E-state index contributed by atoms with van der Waals surface area (Å²) < 4.78 is 0. The minimum absolute atomic E-state index is 1.42. The van der Waals surface area contributed by atoms with Gasteiger partial charge in [-0.3, -0.25) is 0 Å². The van der Waals surface area contributed by atoms with E-state index >= 15 is 0 Å². The van der Waals surface area contributed by atoms with Crippen molar-refractivity contribution in [1.82, 2.24) is 0 Å². The Hall–Kier alpha value is 0.0499. The summed E-state index contributed by atoms with van der Waals surface area (Å²) >= 11 is 0. The van der Waals surface area contributed by atoms with Crippen LogP contribution in [0.2, 0.25) is 0 Å². The van der Waals surface area contributed by atoms with Gasteiger partial charge in [-0.1, -0.05) is 0 Å². The molecule has 0 aliphatic heterocycles. The van der Waals surface area contributed by atoms with Gasteiger partial charge in [0, 0.05) is 0 Å².